The van der Waals surface area contributed by atoms with Gasteiger partial charge in [0.05, 0.1) is 5.92 Å². The lowest BCUT2D eigenvalue weighted by Gasteiger charge is -2.37. The van der Waals surface area contributed by atoms with Crippen molar-refractivity contribution in [2.45, 2.75) is 155 Å². The zero-order valence-corrected chi connectivity index (χ0v) is 23.0. The highest BCUT2D eigenvalue weighted by Crippen LogP contribution is 2.32. The van der Waals surface area contributed by atoms with Crippen molar-refractivity contribution in [1.82, 2.24) is 5.32 Å². The van der Waals surface area contributed by atoms with E-state index in [1.165, 1.54) is 57.8 Å². The maximum absolute atomic E-state index is 12.9. The van der Waals surface area contributed by atoms with Gasteiger partial charge in [0, 0.05) is 6.42 Å². The third-order valence-electron chi connectivity index (χ3n) is 7.06. The molecule has 1 fully saturated rings. The molecule has 0 bridgehead atoms. The van der Waals surface area contributed by atoms with Gasteiger partial charge in [-0.15, -0.1) is 0 Å². The van der Waals surface area contributed by atoms with Gasteiger partial charge in [-0.1, -0.05) is 105 Å². The Morgan fingerprint density at radius 1 is 0.943 bits per heavy atom. The smallest absolute Gasteiger partial charge is 0.328 e. The van der Waals surface area contributed by atoms with Crippen LogP contribution in [0, 0.1) is 11.8 Å². The molecule has 1 aliphatic heterocycles. The van der Waals surface area contributed by atoms with E-state index in [1.54, 1.807) is 0 Å². The molecule has 0 saturated carbocycles. The number of ether oxygens (including phenoxy) is 2. The Hall–Kier alpha value is -1.59. The molecule has 0 aromatic rings. The van der Waals surface area contributed by atoms with E-state index in [0.29, 0.717) is 19.3 Å². The average Bonchev–Trinajstić information content (AvgIpc) is 2.81. The van der Waals surface area contributed by atoms with Crippen molar-refractivity contribution in [3.05, 3.63) is 0 Å². The number of amides is 1. The van der Waals surface area contributed by atoms with Crippen LogP contribution in [0.25, 0.3) is 0 Å². The maximum Gasteiger partial charge on any atom is 0.328 e. The van der Waals surface area contributed by atoms with Gasteiger partial charge in [-0.3, -0.25) is 9.59 Å². The summed E-state index contributed by atoms with van der Waals surface area (Å²) in [6.45, 7) is 8.45. The number of carbonyl (C=O) groups excluding carboxylic acids is 3. The monoisotopic (exact) mass is 495 g/mol. The van der Waals surface area contributed by atoms with Crippen molar-refractivity contribution >= 4 is 18.3 Å². The van der Waals surface area contributed by atoms with E-state index in [-0.39, 0.29) is 36.0 Å². The number of esters is 2. The Morgan fingerprint density at radius 3 is 2.06 bits per heavy atom. The molecule has 0 spiro atoms. The van der Waals surface area contributed by atoms with E-state index in [1.807, 2.05) is 13.8 Å². The van der Waals surface area contributed by atoms with Crippen molar-refractivity contribution in [3.8, 4) is 0 Å². The van der Waals surface area contributed by atoms with Crippen molar-refractivity contribution in [2.75, 3.05) is 0 Å². The Balaban J connectivity index is 2.58. The minimum absolute atomic E-state index is 0.0734. The molecule has 6 nitrogen and oxygen atoms in total. The van der Waals surface area contributed by atoms with Crippen LogP contribution in [-0.4, -0.2) is 36.6 Å². The molecule has 0 aromatic carbocycles. The standard InChI is InChI=1S/C29H53NO5/c1-5-7-9-11-12-13-14-15-16-18-24(34-29(33)26(30-22-31)20-23(3)4)21-27-25(28(32)35-27)19-17-10-8-6-2/h22-27H,5-21H2,1-4H3,(H,30,31)/t24-,25+,26-,27+/m1/s1. The van der Waals surface area contributed by atoms with Crippen molar-refractivity contribution < 1.29 is 23.9 Å². The van der Waals surface area contributed by atoms with Crippen LogP contribution in [0.2, 0.25) is 0 Å². The topological polar surface area (TPSA) is 81.7 Å². The molecule has 0 radical (unpaired) electrons. The number of rotatable bonds is 23. The fourth-order valence-electron chi connectivity index (χ4n) is 4.90. The Bertz CT molecular complexity index is 579. The number of unbranched alkanes of at least 4 members (excludes halogenated alkanes) is 11. The first-order chi connectivity index (χ1) is 16.9. The number of hydrogen-bond acceptors (Lipinski definition) is 5. The Labute approximate surface area is 214 Å². The van der Waals surface area contributed by atoms with E-state index in [9.17, 15) is 14.4 Å². The van der Waals surface area contributed by atoms with Crippen LogP contribution in [0.3, 0.4) is 0 Å². The minimum atomic E-state index is -0.632. The van der Waals surface area contributed by atoms with Gasteiger partial charge in [0.25, 0.3) is 0 Å². The van der Waals surface area contributed by atoms with Gasteiger partial charge >= 0.3 is 11.9 Å². The number of carbonyl (C=O) groups is 3. The summed E-state index contributed by atoms with van der Waals surface area (Å²) in [5.74, 6) is -0.302. The predicted molar refractivity (Wildman–Crippen MR) is 141 cm³/mol. The molecule has 0 aromatic heterocycles. The molecule has 1 N–H and O–H groups in total. The molecular formula is C29H53NO5. The molecular weight excluding hydrogens is 442 g/mol. The molecule has 1 heterocycles. The number of cyclic esters (lactones) is 1. The first-order valence-corrected chi connectivity index (χ1v) is 14.5. The SMILES string of the molecule is CCCCCCCCCCC[C@H](C[C@@H]1OC(=O)[C@H]1CCCCCC)OC(=O)[C@@H](CC(C)C)NC=O. The van der Waals surface area contributed by atoms with Crippen molar-refractivity contribution in [2.24, 2.45) is 11.8 Å². The summed E-state index contributed by atoms with van der Waals surface area (Å²) in [5.41, 5.74) is 0. The quantitative estimate of drug-likeness (QED) is 0.0949. The molecule has 1 amide bonds. The van der Waals surface area contributed by atoms with Gasteiger partial charge in [0.2, 0.25) is 6.41 Å². The van der Waals surface area contributed by atoms with Crippen LogP contribution in [0.15, 0.2) is 0 Å². The van der Waals surface area contributed by atoms with E-state index in [0.717, 1.165) is 38.5 Å². The van der Waals surface area contributed by atoms with E-state index < -0.39 is 6.04 Å². The van der Waals surface area contributed by atoms with E-state index >= 15 is 0 Å². The van der Waals surface area contributed by atoms with Gasteiger partial charge in [-0.2, -0.15) is 0 Å². The fourth-order valence-corrected chi connectivity index (χ4v) is 4.90. The molecule has 1 aliphatic rings. The molecule has 0 aliphatic carbocycles. The zero-order valence-electron chi connectivity index (χ0n) is 23.0. The summed E-state index contributed by atoms with van der Waals surface area (Å²) in [6.07, 6.45) is 18.5. The first kappa shape index (κ1) is 31.4. The molecule has 1 saturated heterocycles. The summed E-state index contributed by atoms with van der Waals surface area (Å²) in [6, 6.07) is -0.632. The van der Waals surface area contributed by atoms with Crippen LogP contribution in [0.1, 0.15) is 137 Å². The summed E-state index contributed by atoms with van der Waals surface area (Å²) >= 11 is 0. The molecule has 1 rings (SSSR count). The lowest BCUT2D eigenvalue weighted by atomic mass is 9.86. The predicted octanol–water partition coefficient (Wildman–Crippen LogP) is 6.88. The highest BCUT2D eigenvalue weighted by atomic mass is 16.6. The molecule has 6 heteroatoms. The van der Waals surface area contributed by atoms with Crippen molar-refractivity contribution in [3.63, 3.8) is 0 Å². The van der Waals surface area contributed by atoms with Crippen molar-refractivity contribution in [1.29, 1.82) is 0 Å². The molecule has 0 unspecified atom stereocenters. The second kappa shape index (κ2) is 19.6. The fraction of sp³-hybridized carbons (Fsp3) is 0.897. The third kappa shape index (κ3) is 13.9. The van der Waals surface area contributed by atoms with Crippen LogP contribution < -0.4 is 5.32 Å². The van der Waals surface area contributed by atoms with Crippen LogP contribution in [-0.2, 0) is 23.9 Å². The molecule has 35 heavy (non-hydrogen) atoms. The molecule has 4 atom stereocenters. The Morgan fingerprint density at radius 2 is 1.51 bits per heavy atom. The average molecular weight is 496 g/mol. The lowest BCUT2D eigenvalue weighted by molar-refractivity contribution is -0.190. The second-order valence-electron chi connectivity index (χ2n) is 10.8. The highest BCUT2D eigenvalue weighted by molar-refractivity contribution is 5.79. The molecule has 204 valence electrons. The number of nitrogens with one attached hydrogen (secondary N) is 1. The normalized spacial score (nSPS) is 19.1. The summed E-state index contributed by atoms with van der Waals surface area (Å²) in [4.78, 5) is 36.0. The number of hydrogen-bond donors (Lipinski definition) is 1. The summed E-state index contributed by atoms with van der Waals surface area (Å²) in [7, 11) is 0. The summed E-state index contributed by atoms with van der Waals surface area (Å²) < 4.78 is 11.4. The summed E-state index contributed by atoms with van der Waals surface area (Å²) in [5, 5.41) is 2.62. The first-order valence-electron chi connectivity index (χ1n) is 14.5. The van der Waals surface area contributed by atoms with Crippen LogP contribution in [0.5, 0.6) is 0 Å². The van der Waals surface area contributed by atoms with Gasteiger partial charge in [0.1, 0.15) is 18.2 Å². The Kier molecular flexibility index (Phi) is 17.6. The third-order valence-corrected chi connectivity index (χ3v) is 7.06. The zero-order chi connectivity index (χ0) is 25.9. The van der Waals surface area contributed by atoms with Gasteiger partial charge < -0.3 is 14.8 Å². The largest absolute Gasteiger partial charge is 0.461 e. The highest BCUT2D eigenvalue weighted by Gasteiger charge is 2.43. The minimum Gasteiger partial charge on any atom is -0.461 e. The lowest BCUT2D eigenvalue weighted by Crippen LogP contribution is -2.48. The van der Waals surface area contributed by atoms with Gasteiger partial charge in [-0.05, 0) is 31.6 Å². The van der Waals surface area contributed by atoms with Gasteiger partial charge in [0.15, 0.2) is 0 Å². The maximum atomic E-state index is 12.9. The second-order valence-corrected chi connectivity index (χ2v) is 10.8. The van der Waals surface area contributed by atoms with E-state index in [4.69, 9.17) is 9.47 Å². The van der Waals surface area contributed by atoms with E-state index in [2.05, 4.69) is 19.2 Å². The van der Waals surface area contributed by atoms with Crippen LogP contribution in [0.4, 0.5) is 0 Å². The van der Waals surface area contributed by atoms with Crippen LogP contribution >= 0.6 is 0 Å². The van der Waals surface area contributed by atoms with Gasteiger partial charge in [-0.25, -0.2) is 4.79 Å².